The van der Waals surface area contributed by atoms with Crippen molar-refractivity contribution in [3.05, 3.63) is 63.8 Å². The van der Waals surface area contributed by atoms with Crippen molar-refractivity contribution in [3.63, 3.8) is 0 Å². The molecule has 3 rings (SSSR count). The smallest absolute Gasteiger partial charge is 0.293 e. The predicted molar refractivity (Wildman–Crippen MR) is 121 cm³/mol. The second-order valence-electron chi connectivity index (χ2n) is 6.83. The van der Waals surface area contributed by atoms with Crippen molar-refractivity contribution in [3.8, 4) is 5.75 Å². The van der Waals surface area contributed by atoms with Gasteiger partial charge in [-0.15, -0.1) is 0 Å². The standard InChI is InChI=1S/C22H22ClN3O4S/c1-15-12-17(23)6-7-18(15)30-11-3-5-20(27)25-9-10-26-21(28)19(31-22(26)29)13-16-4-2-8-24-14-16/h2,4,6-8,12-14H,3,5,9-11H2,1H3,(H,25,27)/b19-13-. The van der Waals surface area contributed by atoms with Crippen molar-refractivity contribution < 1.29 is 19.1 Å². The summed E-state index contributed by atoms with van der Waals surface area (Å²) in [5.74, 6) is 0.220. The number of rotatable bonds is 9. The van der Waals surface area contributed by atoms with E-state index in [0.717, 1.165) is 33.5 Å². The fraction of sp³-hybridized carbons (Fsp3) is 0.273. The number of aromatic nitrogens is 1. The second kappa shape index (κ2) is 11.0. The Balaban J connectivity index is 1.37. The first-order valence-electron chi connectivity index (χ1n) is 9.75. The zero-order valence-corrected chi connectivity index (χ0v) is 18.5. The highest BCUT2D eigenvalue weighted by molar-refractivity contribution is 8.18. The number of ether oxygens (including phenoxy) is 1. The van der Waals surface area contributed by atoms with Crippen molar-refractivity contribution in [1.82, 2.24) is 15.2 Å². The van der Waals surface area contributed by atoms with Gasteiger partial charge in [-0.2, -0.15) is 0 Å². The van der Waals surface area contributed by atoms with Gasteiger partial charge < -0.3 is 10.1 Å². The summed E-state index contributed by atoms with van der Waals surface area (Å²) in [6, 6.07) is 8.94. The molecule has 1 fully saturated rings. The molecular weight excluding hydrogens is 438 g/mol. The minimum absolute atomic E-state index is 0.126. The first kappa shape index (κ1) is 22.8. The zero-order chi connectivity index (χ0) is 22.2. The molecule has 1 N–H and O–H groups in total. The van der Waals surface area contributed by atoms with Gasteiger partial charge in [-0.25, -0.2) is 0 Å². The number of thioether (sulfide) groups is 1. The van der Waals surface area contributed by atoms with Crippen molar-refractivity contribution in [2.75, 3.05) is 19.7 Å². The Morgan fingerprint density at radius 2 is 2.16 bits per heavy atom. The number of benzene rings is 1. The molecule has 1 aliphatic rings. The summed E-state index contributed by atoms with van der Waals surface area (Å²) in [4.78, 5) is 42.1. The number of nitrogens with one attached hydrogen (secondary N) is 1. The van der Waals surface area contributed by atoms with Crippen LogP contribution in [0.5, 0.6) is 5.75 Å². The molecule has 1 aromatic carbocycles. The Hall–Kier alpha value is -2.84. The van der Waals surface area contributed by atoms with Crippen LogP contribution in [-0.4, -0.2) is 46.6 Å². The summed E-state index contributed by atoms with van der Waals surface area (Å²) in [6.45, 7) is 2.64. The van der Waals surface area contributed by atoms with Crippen molar-refractivity contribution >= 4 is 46.5 Å². The van der Waals surface area contributed by atoms with E-state index < -0.39 is 0 Å². The number of halogens is 1. The van der Waals surface area contributed by atoms with E-state index >= 15 is 0 Å². The number of imide groups is 1. The Morgan fingerprint density at radius 3 is 2.90 bits per heavy atom. The molecule has 1 aromatic heterocycles. The summed E-state index contributed by atoms with van der Waals surface area (Å²) in [5.41, 5.74) is 1.68. The van der Waals surface area contributed by atoms with Crippen LogP contribution in [-0.2, 0) is 9.59 Å². The molecule has 0 radical (unpaired) electrons. The summed E-state index contributed by atoms with van der Waals surface area (Å²) in [7, 11) is 0. The van der Waals surface area contributed by atoms with Gasteiger partial charge in [-0.05, 0) is 66.6 Å². The van der Waals surface area contributed by atoms with E-state index in [1.54, 1.807) is 42.7 Å². The molecule has 0 aliphatic carbocycles. The number of hydrogen-bond donors (Lipinski definition) is 1. The molecule has 1 saturated heterocycles. The molecule has 0 spiro atoms. The fourth-order valence-electron chi connectivity index (χ4n) is 2.89. The average Bonchev–Trinajstić information content (AvgIpc) is 3.00. The molecule has 1 aliphatic heterocycles. The molecule has 162 valence electrons. The lowest BCUT2D eigenvalue weighted by atomic mass is 10.2. The number of pyridine rings is 1. The van der Waals surface area contributed by atoms with E-state index in [1.165, 1.54) is 0 Å². The third-order valence-electron chi connectivity index (χ3n) is 4.46. The minimum atomic E-state index is -0.361. The van der Waals surface area contributed by atoms with Crippen molar-refractivity contribution in [2.45, 2.75) is 19.8 Å². The molecule has 2 heterocycles. The van der Waals surface area contributed by atoms with Crippen molar-refractivity contribution in [1.29, 1.82) is 0 Å². The topological polar surface area (TPSA) is 88.6 Å². The fourth-order valence-corrected chi connectivity index (χ4v) is 3.98. The number of nitrogens with zero attached hydrogens (tertiary/aromatic N) is 2. The van der Waals surface area contributed by atoms with Gasteiger partial charge in [0.15, 0.2) is 0 Å². The zero-order valence-electron chi connectivity index (χ0n) is 17.0. The van der Waals surface area contributed by atoms with Crippen LogP contribution in [0.2, 0.25) is 5.02 Å². The summed E-state index contributed by atoms with van der Waals surface area (Å²) in [5, 5.41) is 3.04. The van der Waals surface area contributed by atoms with E-state index in [9.17, 15) is 14.4 Å². The first-order valence-corrected chi connectivity index (χ1v) is 10.9. The summed E-state index contributed by atoms with van der Waals surface area (Å²) < 4.78 is 5.67. The molecule has 0 atom stereocenters. The lowest BCUT2D eigenvalue weighted by Gasteiger charge is -2.13. The Bertz CT molecular complexity index is 998. The van der Waals surface area contributed by atoms with Crippen LogP contribution in [0.25, 0.3) is 6.08 Å². The maximum atomic E-state index is 12.4. The highest BCUT2D eigenvalue weighted by Gasteiger charge is 2.34. The largest absolute Gasteiger partial charge is 0.493 e. The number of carbonyl (C=O) groups excluding carboxylic acids is 3. The van der Waals surface area contributed by atoms with Gasteiger partial charge in [-0.1, -0.05) is 17.7 Å². The predicted octanol–water partition coefficient (Wildman–Crippen LogP) is 4.06. The molecule has 0 unspecified atom stereocenters. The van der Waals surface area contributed by atoms with E-state index in [1.807, 2.05) is 13.0 Å². The van der Waals surface area contributed by atoms with Crippen LogP contribution >= 0.6 is 23.4 Å². The lowest BCUT2D eigenvalue weighted by molar-refractivity contribution is -0.124. The SMILES string of the molecule is Cc1cc(Cl)ccc1OCCCC(=O)NCCN1C(=O)S/C(=C\c2cccnc2)C1=O. The monoisotopic (exact) mass is 459 g/mol. The molecule has 9 heteroatoms. The number of aryl methyl sites for hydroxylation is 1. The van der Waals surface area contributed by atoms with Gasteiger partial charge in [0, 0.05) is 36.9 Å². The van der Waals surface area contributed by atoms with Crippen molar-refractivity contribution in [2.24, 2.45) is 0 Å². The highest BCUT2D eigenvalue weighted by atomic mass is 35.5. The molecule has 31 heavy (non-hydrogen) atoms. The molecule has 2 aromatic rings. The van der Waals surface area contributed by atoms with E-state index in [4.69, 9.17) is 16.3 Å². The quantitative estimate of drug-likeness (QED) is 0.449. The molecule has 0 bridgehead atoms. The normalized spacial score (nSPS) is 14.9. The average molecular weight is 460 g/mol. The molecule has 0 saturated carbocycles. The summed E-state index contributed by atoms with van der Waals surface area (Å²) >= 11 is 6.80. The third kappa shape index (κ3) is 6.57. The summed E-state index contributed by atoms with van der Waals surface area (Å²) in [6.07, 6.45) is 5.72. The Kier molecular flexibility index (Phi) is 8.08. The van der Waals surface area contributed by atoms with Crippen LogP contribution in [0.3, 0.4) is 0 Å². The van der Waals surface area contributed by atoms with Crippen LogP contribution < -0.4 is 10.1 Å². The highest BCUT2D eigenvalue weighted by Crippen LogP contribution is 2.31. The minimum Gasteiger partial charge on any atom is -0.493 e. The van der Waals surface area contributed by atoms with Gasteiger partial charge in [-0.3, -0.25) is 24.3 Å². The van der Waals surface area contributed by atoms with Gasteiger partial charge in [0.2, 0.25) is 5.91 Å². The van der Waals surface area contributed by atoms with Crippen LogP contribution in [0, 0.1) is 6.92 Å². The number of amides is 3. The number of hydrogen-bond acceptors (Lipinski definition) is 6. The van der Waals surface area contributed by atoms with Crippen LogP contribution in [0.15, 0.2) is 47.6 Å². The van der Waals surface area contributed by atoms with Gasteiger partial charge >= 0.3 is 0 Å². The molecular formula is C22H22ClN3O4S. The Morgan fingerprint density at radius 1 is 1.32 bits per heavy atom. The maximum Gasteiger partial charge on any atom is 0.293 e. The maximum absolute atomic E-state index is 12.4. The number of carbonyl (C=O) groups is 3. The lowest BCUT2D eigenvalue weighted by Crippen LogP contribution is -2.37. The third-order valence-corrected chi connectivity index (χ3v) is 5.60. The van der Waals surface area contributed by atoms with Crippen LogP contribution in [0.1, 0.15) is 24.0 Å². The van der Waals surface area contributed by atoms with E-state index in [-0.39, 0.29) is 36.6 Å². The van der Waals surface area contributed by atoms with Crippen LogP contribution in [0.4, 0.5) is 4.79 Å². The van der Waals surface area contributed by atoms with Gasteiger partial charge in [0.1, 0.15) is 5.75 Å². The van der Waals surface area contributed by atoms with E-state index in [0.29, 0.717) is 23.0 Å². The molecule has 7 nitrogen and oxygen atoms in total. The Labute approximate surface area is 189 Å². The van der Waals surface area contributed by atoms with Gasteiger partial charge in [0.05, 0.1) is 11.5 Å². The van der Waals surface area contributed by atoms with E-state index in [2.05, 4.69) is 10.3 Å². The first-order chi connectivity index (χ1) is 14.9. The second-order valence-corrected chi connectivity index (χ2v) is 8.26. The van der Waals surface area contributed by atoms with Gasteiger partial charge in [0.25, 0.3) is 11.1 Å². The molecule has 3 amide bonds.